The van der Waals surface area contributed by atoms with Gasteiger partial charge in [0, 0.05) is 29.9 Å². The molecule has 0 bridgehead atoms. The smallest absolute Gasteiger partial charge is 0.358 e. The summed E-state index contributed by atoms with van der Waals surface area (Å²) < 4.78 is 46.3. The molecule has 30 heavy (non-hydrogen) atoms. The van der Waals surface area contributed by atoms with Gasteiger partial charge in [-0.15, -0.1) is 0 Å². The van der Waals surface area contributed by atoms with E-state index < -0.39 is 15.9 Å². The van der Waals surface area contributed by atoms with Gasteiger partial charge in [0.25, 0.3) is 0 Å². The van der Waals surface area contributed by atoms with Gasteiger partial charge in [-0.2, -0.15) is 8.42 Å². The molecule has 0 atom stereocenters. The molecule has 0 N–H and O–H groups in total. The average Bonchev–Trinajstić information content (AvgIpc) is 3.06. The molecule has 0 aliphatic heterocycles. The van der Waals surface area contributed by atoms with Crippen molar-refractivity contribution in [3.63, 3.8) is 0 Å². The Morgan fingerprint density at radius 2 is 2.00 bits per heavy atom. The van der Waals surface area contributed by atoms with Crippen LogP contribution in [0, 0.1) is 5.82 Å². The first-order valence-corrected chi connectivity index (χ1v) is 10.4. The van der Waals surface area contributed by atoms with Gasteiger partial charge in [0.1, 0.15) is 17.4 Å². The van der Waals surface area contributed by atoms with Crippen LogP contribution in [0.2, 0.25) is 0 Å². The second-order valence-electron chi connectivity index (χ2n) is 6.70. The largest absolute Gasteiger partial charge is 0.378 e. The summed E-state index contributed by atoms with van der Waals surface area (Å²) in [7, 11) is -4.37. The molecule has 156 valence electrons. The van der Waals surface area contributed by atoms with E-state index in [4.69, 9.17) is 9.71 Å². The van der Waals surface area contributed by atoms with Gasteiger partial charge in [-0.1, -0.05) is 25.0 Å². The van der Waals surface area contributed by atoms with Crippen LogP contribution in [0.4, 0.5) is 4.39 Å². The molecule has 1 aromatic carbocycles. The van der Waals surface area contributed by atoms with E-state index in [0.29, 0.717) is 12.2 Å². The summed E-state index contributed by atoms with van der Waals surface area (Å²) in [5, 5.41) is 3.24. The van der Waals surface area contributed by atoms with E-state index in [2.05, 4.69) is 20.0 Å². The molecule has 0 amide bonds. The number of benzene rings is 1. The van der Waals surface area contributed by atoms with Crippen molar-refractivity contribution >= 4 is 10.1 Å². The maximum Gasteiger partial charge on any atom is 0.358 e. The molecule has 0 unspecified atom stereocenters. The van der Waals surface area contributed by atoms with Crippen LogP contribution >= 0.6 is 0 Å². The van der Waals surface area contributed by atoms with Gasteiger partial charge in [0.15, 0.2) is 0 Å². The lowest BCUT2D eigenvalue weighted by Gasteiger charge is -2.15. The summed E-state index contributed by atoms with van der Waals surface area (Å²) in [5.74, 6) is -0.765. The highest BCUT2D eigenvalue weighted by molar-refractivity contribution is 7.87. The molecule has 0 saturated carbocycles. The molecule has 3 rings (SSSR count). The van der Waals surface area contributed by atoms with Gasteiger partial charge in [-0.25, -0.2) is 9.37 Å². The van der Waals surface area contributed by atoms with E-state index in [1.807, 2.05) is 13.8 Å². The molecular weight excluding hydrogens is 411 g/mol. The number of azide groups is 1. The van der Waals surface area contributed by atoms with Crippen molar-refractivity contribution in [2.45, 2.75) is 37.9 Å². The zero-order valence-electron chi connectivity index (χ0n) is 16.3. The van der Waals surface area contributed by atoms with Gasteiger partial charge in [0.05, 0.1) is 12.2 Å². The van der Waals surface area contributed by atoms with Crippen molar-refractivity contribution in [2.24, 2.45) is 5.11 Å². The summed E-state index contributed by atoms with van der Waals surface area (Å²) in [6.07, 6.45) is 3.25. The summed E-state index contributed by atoms with van der Waals surface area (Å²) in [6.45, 7) is 3.79. The number of hydrogen-bond donors (Lipinski definition) is 0. The lowest BCUT2D eigenvalue weighted by Crippen LogP contribution is -2.15. The lowest BCUT2D eigenvalue weighted by atomic mass is 10.1. The third-order valence-corrected chi connectivity index (χ3v) is 5.39. The highest BCUT2D eigenvalue weighted by Crippen LogP contribution is 2.29. The standard InChI is InChI=1S/C19H19FN6O3S/c1-13(2)18-19(30(27,28)29-16-5-3-4-15(20)10-16)24-17(11-23-25-21)26(18)12-14-6-8-22-9-7-14/h3-10,13H,11-12H2,1-2H3. The molecule has 9 nitrogen and oxygen atoms in total. The van der Waals surface area contributed by atoms with Gasteiger partial charge in [-0.3, -0.25) is 4.98 Å². The van der Waals surface area contributed by atoms with Crippen molar-refractivity contribution in [3.05, 3.63) is 82.1 Å². The Balaban J connectivity index is 2.12. The van der Waals surface area contributed by atoms with Crippen LogP contribution in [0.25, 0.3) is 10.4 Å². The normalized spacial score (nSPS) is 11.3. The first kappa shape index (κ1) is 21.3. The fourth-order valence-corrected chi connectivity index (χ4v) is 4.23. The third kappa shape index (κ3) is 4.76. The zero-order chi connectivity index (χ0) is 21.7. The number of pyridine rings is 1. The number of nitrogens with zero attached hydrogens (tertiary/aromatic N) is 6. The Morgan fingerprint density at radius 3 is 2.63 bits per heavy atom. The molecule has 0 spiro atoms. The zero-order valence-corrected chi connectivity index (χ0v) is 17.1. The molecule has 0 fully saturated rings. The first-order chi connectivity index (χ1) is 14.3. The second kappa shape index (κ2) is 8.93. The lowest BCUT2D eigenvalue weighted by molar-refractivity contribution is 0.477. The Hall–Kier alpha value is -3.43. The third-order valence-electron chi connectivity index (χ3n) is 4.20. The molecule has 0 radical (unpaired) electrons. The molecule has 0 aliphatic carbocycles. The van der Waals surface area contributed by atoms with Gasteiger partial charge in [0.2, 0.25) is 5.03 Å². The number of aromatic nitrogens is 3. The monoisotopic (exact) mass is 430 g/mol. The van der Waals surface area contributed by atoms with Crippen molar-refractivity contribution in [2.75, 3.05) is 0 Å². The maximum absolute atomic E-state index is 13.5. The fraction of sp³-hybridized carbons (Fsp3) is 0.263. The predicted molar refractivity (Wildman–Crippen MR) is 107 cm³/mol. The molecule has 0 aliphatic rings. The minimum absolute atomic E-state index is 0.142. The predicted octanol–water partition coefficient (Wildman–Crippen LogP) is 4.17. The van der Waals surface area contributed by atoms with Crippen LogP contribution in [0.1, 0.15) is 36.8 Å². The average molecular weight is 430 g/mol. The highest BCUT2D eigenvalue weighted by Gasteiger charge is 2.30. The van der Waals surface area contributed by atoms with Crippen molar-refractivity contribution < 1.29 is 17.0 Å². The summed E-state index contributed by atoms with van der Waals surface area (Å²) in [5.41, 5.74) is 9.97. The Morgan fingerprint density at radius 1 is 1.27 bits per heavy atom. The van der Waals surface area contributed by atoms with E-state index in [9.17, 15) is 12.8 Å². The highest BCUT2D eigenvalue weighted by atomic mass is 32.2. The number of halogens is 1. The number of rotatable bonds is 8. The Kier molecular flexibility index (Phi) is 6.34. The van der Waals surface area contributed by atoms with Gasteiger partial charge < -0.3 is 8.75 Å². The number of hydrogen-bond acceptors (Lipinski definition) is 6. The van der Waals surface area contributed by atoms with Crippen molar-refractivity contribution in [1.82, 2.24) is 14.5 Å². The molecule has 0 saturated heterocycles. The molecule has 2 heterocycles. The van der Waals surface area contributed by atoms with Crippen molar-refractivity contribution in [1.29, 1.82) is 0 Å². The fourth-order valence-electron chi connectivity index (χ4n) is 2.98. The van der Waals surface area contributed by atoms with E-state index in [-0.39, 0.29) is 29.1 Å². The molecule has 11 heteroatoms. The second-order valence-corrected chi connectivity index (χ2v) is 8.16. The maximum atomic E-state index is 13.5. The van der Waals surface area contributed by atoms with Crippen molar-refractivity contribution in [3.8, 4) is 5.75 Å². The van der Waals surface area contributed by atoms with Crippen LogP contribution < -0.4 is 4.18 Å². The van der Waals surface area contributed by atoms with Gasteiger partial charge >= 0.3 is 10.1 Å². The van der Waals surface area contributed by atoms with E-state index in [0.717, 1.165) is 11.6 Å². The number of imidazole rings is 1. The van der Waals surface area contributed by atoms with Crippen LogP contribution in [0.5, 0.6) is 5.75 Å². The van der Waals surface area contributed by atoms with Gasteiger partial charge in [-0.05, 0) is 41.3 Å². The summed E-state index contributed by atoms with van der Waals surface area (Å²) in [6, 6.07) is 8.42. The quantitative estimate of drug-likeness (QED) is 0.230. The Labute approximate surface area is 172 Å². The first-order valence-electron chi connectivity index (χ1n) is 9.01. The summed E-state index contributed by atoms with van der Waals surface area (Å²) in [4.78, 5) is 10.9. The van der Waals surface area contributed by atoms with E-state index in [1.54, 1.807) is 29.1 Å². The van der Waals surface area contributed by atoms with E-state index >= 15 is 0 Å². The Bertz CT molecular complexity index is 1190. The molecular formula is C19H19FN6O3S. The molecule has 2 aromatic heterocycles. The van der Waals surface area contributed by atoms with Crippen LogP contribution in [-0.2, 0) is 23.2 Å². The minimum atomic E-state index is -4.37. The minimum Gasteiger partial charge on any atom is -0.378 e. The SMILES string of the molecule is CC(C)c1c(S(=O)(=O)Oc2cccc(F)c2)nc(CN=[N+]=[N-])n1Cc1ccncc1. The molecule has 3 aromatic rings. The van der Waals surface area contributed by atoms with Crippen LogP contribution in [0.15, 0.2) is 58.9 Å². The topological polar surface area (TPSA) is 123 Å². The van der Waals surface area contributed by atoms with Crippen LogP contribution in [-0.4, -0.2) is 23.0 Å². The van der Waals surface area contributed by atoms with E-state index in [1.165, 1.54) is 18.2 Å². The summed E-state index contributed by atoms with van der Waals surface area (Å²) >= 11 is 0. The van der Waals surface area contributed by atoms with Crippen LogP contribution in [0.3, 0.4) is 0 Å².